The van der Waals surface area contributed by atoms with Crippen LogP contribution in [0.4, 0.5) is 35.1 Å². The summed E-state index contributed by atoms with van der Waals surface area (Å²) >= 11 is 0. The molecule has 2 aliphatic rings. The summed E-state index contributed by atoms with van der Waals surface area (Å²) in [5, 5.41) is 0. The number of halogens is 8. The first-order valence-electron chi connectivity index (χ1n) is 16.2. The Balaban J connectivity index is 1.17. The molecule has 2 nitrogen and oxygen atoms in total. The molecule has 0 radical (unpaired) electrons. The Morgan fingerprint density at radius 3 is 2.06 bits per heavy atom. The van der Waals surface area contributed by atoms with Crippen molar-refractivity contribution >= 4 is 6.08 Å². The van der Waals surface area contributed by atoms with Gasteiger partial charge in [0.1, 0.15) is 23.2 Å². The molecule has 0 bridgehead atoms. The number of hydrogen-bond donors (Lipinski definition) is 0. The van der Waals surface area contributed by atoms with Gasteiger partial charge in [0.15, 0.2) is 17.5 Å². The van der Waals surface area contributed by atoms with Crippen molar-refractivity contribution < 1.29 is 44.6 Å². The Kier molecular flexibility index (Phi) is 11.3. The number of ether oxygens (including phenoxy) is 2. The van der Waals surface area contributed by atoms with Gasteiger partial charge in [-0.05, 0) is 116 Å². The maximum Gasteiger partial charge on any atom is 0.419 e. The molecule has 0 N–H and O–H groups in total. The average Bonchev–Trinajstić information content (AvgIpc) is 3.03. The van der Waals surface area contributed by atoms with Crippen LogP contribution in [0.25, 0.3) is 17.2 Å². The second-order valence-corrected chi connectivity index (χ2v) is 12.7. The minimum Gasteiger partial charge on any atom is -0.429 e. The van der Waals surface area contributed by atoms with Gasteiger partial charge < -0.3 is 9.47 Å². The SMILES string of the molecule is CCCCCC1CCC(C2CCC(c3cc(F)c(/C=C/C(F)(F)Oc4ccc(-c5cc(F)c(F)c(F)c5)c(F)c4)c(F)c3)CC2)OC1. The maximum absolute atomic E-state index is 15.0. The lowest BCUT2D eigenvalue weighted by Gasteiger charge is -2.38. The second-order valence-electron chi connectivity index (χ2n) is 12.7. The van der Waals surface area contributed by atoms with E-state index in [1.165, 1.54) is 44.2 Å². The van der Waals surface area contributed by atoms with Gasteiger partial charge in [-0.3, -0.25) is 0 Å². The van der Waals surface area contributed by atoms with Crippen LogP contribution >= 0.6 is 0 Å². The highest BCUT2D eigenvalue weighted by Crippen LogP contribution is 2.41. The first-order valence-corrected chi connectivity index (χ1v) is 16.2. The Morgan fingerprint density at radius 1 is 0.787 bits per heavy atom. The van der Waals surface area contributed by atoms with Gasteiger partial charge in [-0.1, -0.05) is 26.2 Å². The molecule has 3 aromatic rings. The van der Waals surface area contributed by atoms with Crippen LogP contribution in [-0.4, -0.2) is 18.8 Å². The molecule has 2 atom stereocenters. The zero-order valence-electron chi connectivity index (χ0n) is 26.1. The van der Waals surface area contributed by atoms with E-state index >= 15 is 8.78 Å². The summed E-state index contributed by atoms with van der Waals surface area (Å²) in [5.74, 6) is -7.66. The molecular formula is C37H38F8O2. The van der Waals surface area contributed by atoms with E-state index in [9.17, 15) is 26.3 Å². The van der Waals surface area contributed by atoms with Crippen molar-refractivity contribution in [2.45, 2.75) is 89.3 Å². The zero-order valence-corrected chi connectivity index (χ0v) is 26.1. The molecule has 0 aromatic heterocycles. The Labute approximate surface area is 269 Å². The van der Waals surface area contributed by atoms with Crippen LogP contribution in [-0.2, 0) is 4.74 Å². The van der Waals surface area contributed by atoms with Crippen LogP contribution < -0.4 is 4.74 Å². The fourth-order valence-corrected chi connectivity index (χ4v) is 6.81. The molecule has 3 aromatic carbocycles. The average molecular weight is 667 g/mol. The van der Waals surface area contributed by atoms with E-state index in [1.54, 1.807) is 0 Å². The second kappa shape index (κ2) is 15.2. The Bertz CT molecular complexity index is 1510. The summed E-state index contributed by atoms with van der Waals surface area (Å²) in [5.41, 5.74) is -0.934. The lowest BCUT2D eigenvalue weighted by atomic mass is 9.75. The van der Waals surface area contributed by atoms with Gasteiger partial charge in [0.2, 0.25) is 0 Å². The molecule has 2 fully saturated rings. The molecular weight excluding hydrogens is 628 g/mol. The largest absolute Gasteiger partial charge is 0.429 e. The summed E-state index contributed by atoms with van der Waals surface area (Å²) in [4.78, 5) is 0. The third kappa shape index (κ3) is 8.75. The van der Waals surface area contributed by atoms with E-state index in [0.29, 0.717) is 41.7 Å². The third-order valence-corrected chi connectivity index (χ3v) is 9.43. The topological polar surface area (TPSA) is 18.5 Å². The van der Waals surface area contributed by atoms with Gasteiger partial charge in [-0.15, -0.1) is 0 Å². The smallest absolute Gasteiger partial charge is 0.419 e. The van der Waals surface area contributed by atoms with Crippen molar-refractivity contribution in [3.8, 4) is 16.9 Å². The Morgan fingerprint density at radius 2 is 1.47 bits per heavy atom. The predicted molar refractivity (Wildman–Crippen MR) is 164 cm³/mol. The molecule has 2 unspecified atom stereocenters. The van der Waals surface area contributed by atoms with E-state index in [-0.39, 0.29) is 29.2 Å². The molecule has 5 rings (SSSR count). The molecule has 10 heteroatoms. The van der Waals surface area contributed by atoms with Crippen LogP contribution in [0.15, 0.2) is 48.5 Å². The predicted octanol–water partition coefficient (Wildman–Crippen LogP) is 11.5. The first-order chi connectivity index (χ1) is 22.4. The van der Waals surface area contributed by atoms with Crippen LogP contribution in [0.1, 0.15) is 88.2 Å². The molecule has 1 saturated carbocycles. The van der Waals surface area contributed by atoms with E-state index in [0.717, 1.165) is 50.8 Å². The van der Waals surface area contributed by atoms with Crippen LogP contribution in [0.5, 0.6) is 5.75 Å². The highest BCUT2D eigenvalue weighted by Gasteiger charge is 2.33. The number of hydrogen-bond acceptors (Lipinski definition) is 2. The van der Waals surface area contributed by atoms with Gasteiger partial charge in [0, 0.05) is 29.9 Å². The lowest BCUT2D eigenvalue weighted by molar-refractivity contribution is -0.131. The van der Waals surface area contributed by atoms with Gasteiger partial charge in [-0.25, -0.2) is 26.3 Å². The first kappa shape index (κ1) is 34.9. The summed E-state index contributed by atoms with van der Waals surface area (Å²) < 4.78 is 125. The summed E-state index contributed by atoms with van der Waals surface area (Å²) in [6.45, 7) is 3.00. The zero-order chi connectivity index (χ0) is 33.7. The summed E-state index contributed by atoms with van der Waals surface area (Å²) in [6.07, 6.45) is 7.26. The molecule has 0 amide bonds. The number of alkyl halides is 2. The number of rotatable bonds is 11. The highest BCUT2D eigenvalue weighted by molar-refractivity contribution is 5.65. The molecule has 1 saturated heterocycles. The summed E-state index contributed by atoms with van der Waals surface area (Å²) in [7, 11) is 0. The van der Waals surface area contributed by atoms with E-state index < -0.39 is 52.3 Å². The van der Waals surface area contributed by atoms with Gasteiger partial charge in [-0.2, -0.15) is 8.78 Å². The maximum atomic E-state index is 15.0. The van der Waals surface area contributed by atoms with E-state index in [4.69, 9.17) is 4.74 Å². The Hall–Kier alpha value is -3.40. The van der Waals surface area contributed by atoms with Crippen LogP contribution in [0, 0.1) is 46.7 Å². The number of benzene rings is 3. The third-order valence-electron chi connectivity index (χ3n) is 9.43. The minimum atomic E-state index is -4.10. The summed E-state index contributed by atoms with van der Waals surface area (Å²) in [6, 6.07) is 5.87. The van der Waals surface area contributed by atoms with E-state index in [2.05, 4.69) is 11.7 Å². The standard InChI is InChI=1S/C37H38F8O2/c1-2-3-4-5-22-6-13-35(46-21-22)24-9-7-23(8-10-24)25-16-30(38)29(31(39)17-25)14-15-37(44,45)47-27-11-12-28(32(40)20-27)26-18-33(41)36(43)34(42)19-26/h11-12,14-20,22-24,35H,2-10,13,21H2,1H3/b15-14+. The molecule has 1 aliphatic carbocycles. The van der Waals surface area contributed by atoms with E-state index in [1.807, 2.05) is 0 Å². The molecule has 1 aliphatic heterocycles. The molecule has 0 spiro atoms. The van der Waals surface area contributed by atoms with Crippen molar-refractivity contribution in [1.82, 2.24) is 0 Å². The van der Waals surface area contributed by atoms with Crippen molar-refractivity contribution in [3.63, 3.8) is 0 Å². The molecule has 47 heavy (non-hydrogen) atoms. The monoisotopic (exact) mass is 666 g/mol. The van der Waals surface area contributed by atoms with Crippen molar-refractivity contribution in [2.24, 2.45) is 11.8 Å². The van der Waals surface area contributed by atoms with Crippen molar-refractivity contribution in [3.05, 3.63) is 94.6 Å². The number of unbranched alkanes of at least 4 members (excludes halogenated alkanes) is 2. The van der Waals surface area contributed by atoms with Crippen molar-refractivity contribution in [2.75, 3.05) is 6.61 Å². The minimum absolute atomic E-state index is 0.0517. The highest BCUT2D eigenvalue weighted by atomic mass is 19.3. The fourth-order valence-electron chi connectivity index (χ4n) is 6.81. The van der Waals surface area contributed by atoms with Crippen LogP contribution in [0.2, 0.25) is 0 Å². The lowest BCUT2D eigenvalue weighted by Crippen LogP contribution is -2.34. The van der Waals surface area contributed by atoms with Crippen LogP contribution in [0.3, 0.4) is 0 Å². The normalized spacial score (nSPS) is 22.1. The van der Waals surface area contributed by atoms with Gasteiger partial charge in [0.25, 0.3) is 0 Å². The van der Waals surface area contributed by atoms with Gasteiger partial charge >= 0.3 is 6.11 Å². The van der Waals surface area contributed by atoms with Crippen molar-refractivity contribution in [1.29, 1.82) is 0 Å². The fraction of sp³-hybridized carbons (Fsp3) is 0.459. The van der Waals surface area contributed by atoms with Gasteiger partial charge in [0.05, 0.1) is 6.10 Å². The molecule has 1 heterocycles. The molecule has 254 valence electrons. The quantitative estimate of drug-likeness (QED) is 0.115.